The number of carbonyl (C=O) groups is 2. The molecule has 174 valence electrons. The van der Waals surface area contributed by atoms with E-state index >= 15 is 0 Å². The summed E-state index contributed by atoms with van der Waals surface area (Å²) in [7, 11) is 0. The van der Waals surface area contributed by atoms with Gasteiger partial charge in [0.15, 0.2) is 6.61 Å². The van der Waals surface area contributed by atoms with Gasteiger partial charge in [0.05, 0.1) is 0 Å². The Morgan fingerprint density at radius 1 is 1.09 bits per heavy atom. The third kappa shape index (κ3) is 7.27. The minimum atomic E-state index is -0.598. The molecule has 0 heterocycles. The fourth-order valence-electron chi connectivity index (χ4n) is 3.60. The summed E-state index contributed by atoms with van der Waals surface area (Å²) in [6.45, 7) is 13.7. The summed E-state index contributed by atoms with van der Waals surface area (Å²) in [6.07, 6.45) is 0.499. The Kier molecular flexibility index (Phi) is 8.73. The predicted molar refractivity (Wildman–Crippen MR) is 130 cm³/mol. The van der Waals surface area contributed by atoms with E-state index in [4.69, 9.17) is 16.3 Å². The highest BCUT2D eigenvalue weighted by Gasteiger charge is 2.31. The molecule has 0 aliphatic rings. The number of nitrogens with zero attached hydrogens (tertiary/aromatic N) is 1. The molecule has 5 nitrogen and oxygen atoms in total. The zero-order valence-electron chi connectivity index (χ0n) is 20.2. The van der Waals surface area contributed by atoms with Gasteiger partial charge < -0.3 is 15.0 Å². The van der Waals surface area contributed by atoms with Crippen LogP contribution in [0.2, 0.25) is 5.02 Å². The molecular formula is C26H35ClN2O3. The first kappa shape index (κ1) is 25.7. The number of aryl methyl sites for hydroxylation is 3. The summed E-state index contributed by atoms with van der Waals surface area (Å²) in [6, 6.07) is 11.0. The fraction of sp³-hybridized carbons (Fsp3) is 0.462. The molecule has 1 atom stereocenters. The van der Waals surface area contributed by atoms with Crippen molar-refractivity contribution in [2.75, 3.05) is 6.61 Å². The molecule has 2 rings (SSSR count). The summed E-state index contributed by atoms with van der Waals surface area (Å²) in [5.41, 5.74) is 3.46. The number of carbonyl (C=O) groups excluding carboxylic acids is 2. The van der Waals surface area contributed by atoms with Crippen LogP contribution >= 0.6 is 11.6 Å². The lowest BCUT2D eigenvalue weighted by Gasteiger charge is -2.33. The Morgan fingerprint density at radius 2 is 1.72 bits per heavy atom. The van der Waals surface area contributed by atoms with Crippen LogP contribution in [0, 0.1) is 20.8 Å². The third-order valence-electron chi connectivity index (χ3n) is 5.09. The maximum atomic E-state index is 13.3. The number of halogens is 1. The van der Waals surface area contributed by atoms with Gasteiger partial charge in [0, 0.05) is 17.1 Å². The van der Waals surface area contributed by atoms with Crippen molar-refractivity contribution in [3.8, 4) is 5.75 Å². The topological polar surface area (TPSA) is 58.6 Å². The van der Waals surface area contributed by atoms with Crippen LogP contribution in [0.15, 0.2) is 36.4 Å². The standard InChI is InChI=1S/C26H35ClN2O3/c1-8-22(25(31)28-26(5,6)7)29(15-20-11-9-10-17(2)12-20)23(30)16-32-21-13-18(3)24(27)19(4)14-21/h9-14,22H,8,15-16H2,1-7H3,(H,28,31). The highest BCUT2D eigenvalue weighted by Crippen LogP contribution is 2.26. The highest BCUT2D eigenvalue weighted by atomic mass is 35.5. The first-order chi connectivity index (χ1) is 14.9. The molecule has 0 aromatic heterocycles. The van der Waals surface area contributed by atoms with Gasteiger partial charge in [0.1, 0.15) is 11.8 Å². The number of nitrogens with one attached hydrogen (secondary N) is 1. The van der Waals surface area contributed by atoms with Gasteiger partial charge >= 0.3 is 0 Å². The van der Waals surface area contributed by atoms with Crippen molar-refractivity contribution in [1.82, 2.24) is 10.2 Å². The van der Waals surface area contributed by atoms with Gasteiger partial charge in [0.25, 0.3) is 5.91 Å². The first-order valence-electron chi connectivity index (χ1n) is 11.0. The molecule has 6 heteroatoms. The summed E-state index contributed by atoms with van der Waals surface area (Å²) >= 11 is 6.24. The molecule has 0 radical (unpaired) electrons. The molecule has 1 unspecified atom stereocenters. The molecule has 2 aromatic rings. The molecular weight excluding hydrogens is 424 g/mol. The molecule has 0 spiro atoms. The lowest BCUT2D eigenvalue weighted by Crippen LogP contribution is -2.54. The average molecular weight is 459 g/mol. The van der Waals surface area contributed by atoms with Crippen molar-refractivity contribution in [2.45, 2.75) is 73.0 Å². The van der Waals surface area contributed by atoms with E-state index in [-0.39, 0.29) is 18.4 Å². The summed E-state index contributed by atoms with van der Waals surface area (Å²) in [5, 5.41) is 3.70. The van der Waals surface area contributed by atoms with Crippen LogP contribution in [0.3, 0.4) is 0 Å². The summed E-state index contributed by atoms with van der Waals surface area (Å²) in [5.74, 6) is 0.173. The molecule has 32 heavy (non-hydrogen) atoms. The van der Waals surface area contributed by atoms with E-state index in [1.54, 1.807) is 4.90 Å². The maximum Gasteiger partial charge on any atom is 0.261 e. The Labute approximate surface area is 197 Å². The SMILES string of the molecule is CCC(C(=O)NC(C)(C)C)N(Cc1cccc(C)c1)C(=O)COc1cc(C)c(Cl)c(C)c1. The van der Waals surface area contributed by atoms with E-state index in [2.05, 4.69) is 5.32 Å². The van der Waals surface area contributed by atoms with Gasteiger partial charge in [-0.1, -0.05) is 48.4 Å². The highest BCUT2D eigenvalue weighted by molar-refractivity contribution is 6.32. The second-order valence-corrected chi connectivity index (χ2v) is 9.71. The van der Waals surface area contributed by atoms with Gasteiger partial charge in [-0.25, -0.2) is 0 Å². The lowest BCUT2D eigenvalue weighted by atomic mass is 10.1. The molecule has 1 N–H and O–H groups in total. The first-order valence-corrected chi connectivity index (χ1v) is 11.4. The second-order valence-electron chi connectivity index (χ2n) is 9.33. The van der Waals surface area contributed by atoms with E-state index in [1.165, 1.54) is 0 Å². The largest absolute Gasteiger partial charge is 0.484 e. The minimum absolute atomic E-state index is 0.161. The van der Waals surface area contributed by atoms with Gasteiger partial charge in [-0.05, 0) is 76.8 Å². The lowest BCUT2D eigenvalue weighted by molar-refractivity contribution is -0.143. The van der Waals surface area contributed by atoms with E-state index in [1.807, 2.05) is 84.9 Å². The van der Waals surface area contributed by atoms with Crippen LogP contribution < -0.4 is 10.1 Å². The second kappa shape index (κ2) is 10.9. The monoisotopic (exact) mass is 458 g/mol. The molecule has 0 fully saturated rings. The summed E-state index contributed by atoms with van der Waals surface area (Å²) in [4.78, 5) is 28.0. The van der Waals surface area contributed by atoms with Crippen molar-refractivity contribution in [3.05, 3.63) is 63.7 Å². The van der Waals surface area contributed by atoms with Crippen LogP contribution in [-0.2, 0) is 16.1 Å². The Morgan fingerprint density at radius 3 is 2.25 bits per heavy atom. The van der Waals surface area contributed by atoms with Crippen LogP contribution in [-0.4, -0.2) is 34.9 Å². The number of benzene rings is 2. The quantitative estimate of drug-likeness (QED) is 0.578. The Bertz CT molecular complexity index is 943. The normalized spacial score (nSPS) is 12.2. The van der Waals surface area contributed by atoms with Crippen LogP contribution in [0.5, 0.6) is 5.75 Å². The molecule has 0 bridgehead atoms. The third-order valence-corrected chi connectivity index (χ3v) is 5.69. The fourth-order valence-corrected chi connectivity index (χ4v) is 3.71. The van der Waals surface area contributed by atoms with Gasteiger partial charge in [-0.3, -0.25) is 9.59 Å². The summed E-state index contributed by atoms with van der Waals surface area (Å²) < 4.78 is 5.82. The predicted octanol–water partition coefficient (Wildman–Crippen LogP) is 5.37. The van der Waals surface area contributed by atoms with E-state index in [0.717, 1.165) is 22.3 Å². The van der Waals surface area contributed by atoms with E-state index in [9.17, 15) is 9.59 Å². The van der Waals surface area contributed by atoms with Gasteiger partial charge in [-0.2, -0.15) is 0 Å². The Hall–Kier alpha value is -2.53. The minimum Gasteiger partial charge on any atom is -0.484 e. The van der Waals surface area contributed by atoms with Crippen molar-refractivity contribution >= 4 is 23.4 Å². The van der Waals surface area contributed by atoms with Crippen molar-refractivity contribution in [3.63, 3.8) is 0 Å². The maximum absolute atomic E-state index is 13.3. The van der Waals surface area contributed by atoms with Crippen molar-refractivity contribution in [1.29, 1.82) is 0 Å². The van der Waals surface area contributed by atoms with Crippen LogP contribution in [0.4, 0.5) is 0 Å². The van der Waals surface area contributed by atoms with Gasteiger partial charge in [-0.15, -0.1) is 0 Å². The Balaban J connectivity index is 2.27. The number of hydrogen-bond acceptors (Lipinski definition) is 3. The number of hydrogen-bond donors (Lipinski definition) is 1. The number of rotatable bonds is 8. The molecule has 2 aromatic carbocycles. The van der Waals surface area contributed by atoms with Crippen LogP contribution in [0.1, 0.15) is 56.4 Å². The zero-order chi connectivity index (χ0) is 24.1. The zero-order valence-corrected chi connectivity index (χ0v) is 21.0. The molecule has 2 amide bonds. The van der Waals surface area contributed by atoms with Crippen LogP contribution in [0.25, 0.3) is 0 Å². The van der Waals surface area contributed by atoms with E-state index < -0.39 is 11.6 Å². The van der Waals surface area contributed by atoms with Crippen molar-refractivity contribution in [2.24, 2.45) is 0 Å². The molecule has 0 saturated heterocycles. The smallest absolute Gasteiger partial charge is 0.261 e. The van der Waals surface area contributed by atoms with Gasteiger partial charge in [0.2, 0.25) is 5.91 Å². The molecule has 0 aliphatic carbocycles. The van der Waals surface area contributed by atoms with Crippen molar-refractivity contribution < 1.29 is 14.3 Å². The molecule has 0 saturated carbocycles. The molecule has 0 aliphatic heterocycles. The average Bonchev–Trinajstić information content (AvgIpc) is 2.68. The number of ether oxygens (including phenoxy) is 1. The number of amides is 2. The van der Waals surface area contributed by atoms with E-state index in [0.29, 0.717) is 23.7 Å².